The smallest absolute Gasteiger partial charge is 0.260 e. The zero-order valence-corrected chi connectivity index (χ0v) is 14.0. The maximum Gasteiger partial charge on any atom is 0.260 e. The van der Waals surface area contributed by atoms with Gasteiger partial charge in [-0.25, -0.2) is 4.39 Å². The fourth-order valence-corrected chi connectivity index (χ4v) is 3.26. The third-order valence-corrected chi connectivity index (χ3v) is 4.60. The minimum absolute atomic E-state index is 0.0346. The normalized spacial score (nSPS) is 16.4. The van der Waals surface area contributed by atoms with Crippen LogP contribution < -0.4 is 10.9 Å². The number of amides is 1. The standard InChI is InChI=1S/C19H22FN3O2/c20-15-8-6-14(7-9-15)17(23-11-2-1-3-12-23)13-22-19(25)16-5-4-10-21-18(16)24/h4-10,17H,1-3,11-13H2,(H,21,24)(H,22,25)/t17-/m0/s1. The van der Waals surface area contributed by atoms with Crippen molar-refractivity contribution in [1.29, 1.82) is 0 Å². The summed E-state index contributed by atoms with van der Waals surface area (Å²) in [7, 11) is 0. The number of likely N-dealkylation sites (tertiary alicyclic amines) is 1. The Bertz CT molecular complexity index is 767. The monoisotopic (exact) mass is 343 g/mol. The van der Waals surface area contributed by atoms with E-state index < -0.39 is 11.5 Å². The SMILES string of the molecule is O=C(NC[C@@H](c1ccc(F)cc1)N1CCCCC1)c1ccc[nH]c1=O. The molecule has 1 saturated heterocycles. The summed E-state index contributed by atoms with van der Waals surface area (Å²) in [5.41, 5.74) is 0.654. The number of piperidine rings is 1. The molecule has 1 atom stereocenters. The van der Waals surface area contributed by atoms with E-state index in [-0.39, 0.29) is 17.4 Å². The molecule has 0 aliphatic carbocycles. The number of carbonyl (C=O) groups excluding carboxylic acids is 1. The third kappa shape index (κ3) is 4.33. The molecule has 2 aromatic rings. The summed E-state index contributed by atoms with van der Waals surface area (Å²) in [6.07, 6.45) is 4.93. The van der Waals surface area contributed by atoms with Gasteiger partial charge >= 0.3 is 0 Å². The van der Waals surface area contributed by atoms with Gasteiger partial charge in [0, 0.05) is 12.7 Å². The summed E-state index contributed by atoms with van der Waals surface area (Å²) in [5.74, 6) is -0.674. The second-order valence-electron chi connectivity index (χ2n) is 6.29. The summed E-state index contributed by atoms with van der Waals surface area (Å²) in [6, 6.07) is 9.49. The molecule has 0 saturated carbocycles. The van der Waals surface area contributed by atoms with Gasteiger partial charge in [0.1, 0.15) is 11.4 Å². The average molecular weight is 343 g/mol. The molecular weight excluding hydrogens is 321 g/mol. The molecule has 25 heavy (non-hydrogen) atoms. The number of hydrogen-bond donors (Lipinski definition) is 2. The maximum atomic E-state index is 13.3. The van der Waals surface area contributed by atoms with Gasteiger partial charge in [-0.15, -0.1) is 0 Å². The summed E-state index contributed by atoms with van der Waals surface area (Å²) < 4.78 is 13.3. The van der Waals surface area contributed by atoms with Gasteiger partial charge in [0.05, 0.1) is 6.04 Å². The van der Waals surface area contributed by atoms with E-state index in [1.165, 1.54) is 30.8 Å². The van der Waals surface area contributed by atoms with E-state index >= 15 is 0 Å². The van der Waals surface area contributed by atoms with Crippen molar-refractivity contribution in [2.45, 2.75) is 25.3 Å². The van der Waals surface area contributed by atoms with E-state index in [0.29, 0.717) is 6.54 Å². The Morgan fingerprint density at radius 1 is 1.16 bits per heavy atom. The molecule has 1 aliphatic heterocycles. The number of halogens is 1. The number of nitrogens with one attached hydrogen (secondary N) is 2. The molecule has 1 amide bonds. The number of nitrogens with zero attached hydrogens (tertiary/aromatic N) is 1. The first-order valence-corrected chi connectivity index (χ1v) is 8.60. The lowest BCUT2D eigenvalue weighted by Gasteiger charge is -2.35. The van der Waals surface area contributed by atoms with Gasteiger partial charge < -0.3 is 10.3 Å². The lowest BCUT2D eigenvalue weighted by molar-refractivity contribution is 0.0923. The molecule has 1 aliphatic rings. The summed E-state index contributed by atoms with van der Waals surface area (Å²) in [4.78, 5) is 28.9. The highest BCUT2D eigenvalue weighted by Gasteiger charge is 2.23. The van der Waals surface area contributed by atoms with E-state index in [9.17, 15) is 14.0 Å². The van der Waals surface area contributed by atoms with Crippen LogP contribution in [-0.4, -0.2) is 35.4 Å². The Morgan fingerprint density at radius 2 is 1.88 bits per heavy atom. The Hall–Kier alpha value is -2.47. The highest BCUT2D eigenvalue weighted by molar-refractivity contribution is 5.93. The van der Waals surface area contributed by atoms with E-state index in [0.717, 1.165) is 31.5 Å². The third-order valence-electron chi connectivity index (χ3n) is 4.60. The molecule has 6 heteroatoms. The first kappa shape index (κ1) is 17.4. The van der Waals surface area contributed by atoms with Crippen LogP contribution in [0.15, 0.2) is 47.4 Å². The molecule has 0 spiro atoms. The Kier molecular flexibility index (Phi) is 5.60. The predicted molar refractivity (Wildman–Crippen MR) is 94.0 cm³/mol. The van der Waals surface area contributed by atoms with Crippen LogP contribution in [0.2, 0.25) is 0 Å². The van der Waals surface area contributed by atoms with Crippen molar-refractivity contribution in [3.63, 3.8) is 0 Å². The van der Waals surface area contributed by atoms with Gasteiger partial charge in [0.15, 0.2) is 0 Å². The minimum Gasteiger partial charge on any atom is -0.350 e. The molecule has 1 fully saturated rings. The van der Waals surface area contributed by atoms with Crippen molar-refractivity contribution in [3.8, 4) is 0 Å². The molecule has 0 radical (unpaired) electrons. The van der Waals surface area contributed by atoms with Gasteiger partial charge in [-0.3, -0.25) is 14.5 Å². The van der Waals surface area contributed by atoms with Gasteiger partial charge in [-0.1, -0.05) is 18.6 Å². The van der Waals surface area contributed by atoms with Crippen LogP contribution in [-0.2, 0) is 0 Å². The number of rotatable bonds is 5. The van der Waals surface area contributed by atoms with Crippen LogP contribution in [0, 0.1) is 5.82 Å². The maximum absolute atomic E-state index is 13.3. The quantitative estimate of drug-likeness (QED) is 0.876. The molecule has 1 aromatic carbocycles. The van der Waals surface area contributed by atoms with Crippen LogP contribution in [0.3, 0.4) is 0 Å². The van der Waals surface area contributed by atoms with Crippen LogP contribution in [0.1, 0.15) is 41.2 Å². The number of aromatic amines is 1. The molecule has 3 rings (SSSR count). The number of aromatic nitrogens is 1. The summed E-state index contributed by atoms with van der Waals surface area (Å²) >= 11 is 0. The molecule has 1 aromatic heterocycles. The molecule has 2 heterocycles. The first-order chi connectivity index (χ1) is 12.1. The van der Waals surface area contributed by atoms with E-state index in [2.05, 4.69) is 15.2 Å². The Morgan fingerprint density at radius 3 is 2.56 bits per heavy atom. The zero-order chi connectivity index (χ0) is 17.6. The topological polar surface area (TPSA) is 65.2 Å². The zero-order valence-electron chi connectivity index (χ0n) is 14.0. The second kappa shape index (κ2) is 8.07. The predicted octanol–water partition coefficient (Wildman–Crippen LogP) is 2.47. The van der Waals surface area contributed by atoms with Crippen LogP contribution in [0.5, 0.6) is 0 Å². The largest absolute Gasteiger partial charge is 0.350 e. The van der Waals surface area contributed by atoms with Crippen molar-refractivity contribution >= 4 is 5.91 Å². The number of pyridine rings is 1. The summed E-state index contributed by atoms with van der Waals surface area (Å²) in [6.45, 7) is 2.27. The van der Waals surface area contributed by atoms with Crippen molar-refractivity contribution < 1.29 is 9.18 Å². The molecule has 0 unspecified atom stereocenters. The molecule has 5 nitrogen and oxygen atoms in total. The van der Waals surface area contributed by atoms with Crippen molar-refractivity contribution in [3.05, 3.63) is 69.9 Å². The lowest BCUT2D eigenvalue weighted by Crippen LogP contribution is -2.41. The van der Waals surface area contributed by atoms with Crippen LogP contribution in [0.25, 0.3) is 0 Å². The van der Waals surface area contributed by atoms with Crippen LogP contribution >= 0.6 is 0 Å². The van der Waals surface area contributed by atoms with E-state index in [1.807, 2.05) is 0 Å². The van der Waals surface area contributed by atoms with Gasteiger partial charge in [0.2, 0.25) is 0 Å². The second-order valence-corrected chi connectivity index (χ2v) is 6.29. The number of hydrogen-bond acceptors (Lipinski definition) is 3. The molecule has 0 bridgehead atoms. The number of carbonyl (C=O) groups is 1. The first-order valence-electron chi connectivity index (χ1n) is 8.60. The molecule has 132 valence electrons. The van der Waals surface area contributed by atoms with Crippen molar-refractivity contribution in [2.24, 2.45) is 0 Å². The van der Waals surface area contributed by atoms with E-state index in [1.54, 1.807) is 18.2 Å². The Labute approximate surface area is 145 Å². The van der Waals surface area contributed by atoms with Gasteiger partial charge in [-0.2, -0.15) is 0 Å². The highest BCUT2D eigenvalue weighted by Crippen LogP contribution is 2.24. The van der Waals surface area contributed by atoms with Crippen LogP contribution in [0.4, 0.5) is 4.39 Å². The highest BCUT2D eigenvalue weighted by atomic mass is 19.1. The van der Waals surface area contributed by atoms with Gasteiger partial charge in [0.25, 0.3) is 11.5 Å². The fraction of sp³-hybridized carbons (Fsp3) is 0.368. The van der Waals surface area contributed by atoms with Gasteiger partial charge in [-0.05, 0) is 55.8 Å². The molecular formula is C19H22FN3O2. The van der Waals surface area contributed by atoms with Crippen molar-refractivity contribution in [2.75, 3.05) is 19.6 Å². The lowest BCUT2D eigenvalue weighted by atomic mass is 10.0. The Balaban J connectivity index is 1.75. The van der Waals surface area contributed by atoms with E-state index in [4.69, 9.17) is 0 Å². The summed E-state index contributed by atoms with van der Waals surface area (Å²) in [5, 5.41) is 2.86. The molecule has 2 N–H and O–H groups in total. The number of H-pyrrole nitrogens is 1. The minimum atomic E-state index is -0.406. The fourth-order valence-electron chi connectivity index (χ4n) is 3.26. The number of benzene rings is 1. The van der Waals surface area contributed by atoms with Crippen molar-refractivity contribution in [1.82, 2.24) is 15.2 Å². The average Bonchev–Trinajstić information content (AvgIpc) is 2.64.